The van der Waals surface area contributed by atoms with Crippen molar-refractivity contribution in [1.29, 1.82) is 0 Å². The molecular weight excluding hydrogens is 238 g/mol. The zero-order chi connectivity index (χ0) is 14.6. The Balaban J connectivity index is 2.82. The summed E-state index contributed by atoms with van der Waals surface area (Å²) < 4.78 is 4.63. The normalized spacial score (nSPS) is 11.5. The summed E-state index contributed by atoms with van der Waals surface area (Å²) in [5.41, 5.74) is 5.31. The monoisotopic (exact) mass is 263 g/mol. The highest BCUT2D eigenvalue weighted by atomic mass is 16.5. The van der Waals surface area contributed by atoms with Gasteiger partial charge in [-0.3, -0.25) is 4.79 Å². The number of methoxy groups -OCH3 is 1. The molecule has 1 N–H and O–H groups in total. The number of rotatable bonds is 5. The summed E-state index contributed by atoms with van der Waals surface area (Å²) >= 11 is 0. The fourth-order valence-electron chi connectivity index (χ4n) is 2.33. The van der Waals surface area contributed by atoms with E-state index in [0.717, 1.165) is 6.54 Å². The van der Waals surface area contributed by atoms with Gasteiger partial charge in [-0.05, 0) is 43.0 Å². The van der Waals surface area contributed by atoms with Crippen LogP contribution in [0.4, 0.5) is 0 Å². The molecule has 0 saturated carbocycles. The van der Waals surface area contributed by atoms with E-state index in [1.165, 1.54) is 29.4 Å². The maximum atomic E-state index is 11.1. The SMILES string of the molecule is COC(=O)CNCC(C)(C)c1ccc(C)c(C)c1C. The lowest BCUT2D eigenvalue weighted by Crippen LogP contribution is -2.36. The molecule has 0 aromatic heterocycles. The molecule has 0 aliphatic heterocycles. The number of hydrogen-bond acceptors (Lipinski definition) is 3. The second-order valence-electron chi connectivity index (χ2n) is 5.74. The van der Waals surface area contributed by atoms with Gasteiger partial charge in [-0.2, -0.15) is 0 Å². The quantitative estimate of drug-likeness (QED) is 0.830. The third kappa shape index (κ3) is 3.80. The van der Waals surface area contributed by atoms with Crippen LogP contribution >= 0.6 is 0 Å². The summed E-state index contributed by atoms with van der Waals surface area (Å²) in [5.74, 6) is -0.229. The molecular formula is C16H25NO2. The predicted octanol–water partition coefficient (Wildman–Crippen LogP) is 2.65. The van der Waals surface area contributed by atoms with Gasteiger partial charge in [-0.25, -0.2) is 0 Å². The van der Waals surface area contributed by atoms with Gasteiger partial charge >= 0.3 is 5.97 Å². The lowest BCUT2D eigenvalue weighted by molar-refractivity contribution is -0.139. The first kappa shape index (κ1) is 15.7. The van der Waals surface area contributed by atoms with E-state index in [9.17, 15) is 4.79 Å². The summed E-state index contributed by atoms with van der Waals surface area (Å²) in [4.78, 5) is 11.1. The van der Waals surface area contributed by atoms with Gasteiger partial charge in [-0.15, -0.1) is 0 Å². The number of benzene rings is 1. The standard InChI is InChI=1S/C16H25NO2/c1-11-7-8-14(13(3)12(11)2)16(4,5)10-17-9-15(18)19-6/h7-8,17H,9-10H2,1-6H3. The molecule has 3 nitrogen and oxygen atoms in total. The first-order valence-corrected chi connectivity index (χ1v) is 6.64. The summed E-state index contributed by atoms with van der Waals surface area (Å²) in [5, 5.41) is 3.16. The van der Waals surface area contributed by atoms with Gasteiger partial charge in [0.1, 0.15) is 0 Å². The Labute approximate surface area is 116 Å². The zero-order valence-electron chi connectivity index (χ0n) is 12.9. The molecule has 0 radical (unpaired) electrons. The highest BCUT2D eigenvalue weighted by Gasteiger charge is 2.23. The van der Waals surface area contributed by atoms with E-state index in [1.807, 2.05) is 0 Å². The van der Waals surface area contributed by atoms with Gasteiger partial charge in [0.25, 0.3) is 0 Å². The van der Waals surface area contributed by atoms with Crippen LogP contribution < -0.4 is 5.32 Å². The van der Waals surface area contributed by atoms with Gasteiger partial charge < -0.3 is 10.1 Å². The first-order valence-electron chi connectivity index (χ1n) is 6.64. The largest absolute Gasteiger partial charge is 0.468 e. The lowest BCUT2D eigenvalue weighted by Gasteiger charge is -2.28. The fraction of sp³-hybridized carbons (Fsp3) is 0.562. The van der Waals surface area contributed by atoms with E-state index >= 15 is 0 Å². The maximum Gasteiger partial charge on any atom is 0.319 e. The van der Waals surface area contributed by atoms with Crippen LogP contribution in [0.3, 0.4) is 0 Å². The van der Waals surface area contributed by atoms with Crippen molar-refractivity contribution in [3.8, 4) is 0 Å². The van der Waals surface area contributed by atoms with Crippen molar-refractivity contribution in [2.75, 3.05) is 20.2 Å². The van der Waals surface area contributed by atoms with Gasteiger partial charge in [0.05, 0.1) is 13.7 Å². The molecule has 0 aliphatic rings. The molecule has 0 spiro atoms. The number of carbonyl (C=O) groups excluding carboxylic acids is 1. The van der Waals surface area contributed by atoms with E-state index in [-0.39, 0.29) is 17.9 Å². The van der Waals surface area contributed by atoms with Crippen molar-refractivity contribution >= 4 is 5.97 Å². The smallest absolute Gasteiger partial charge is 0.319 e. The fourth-order valence-corrected chi connectivity index (χ4v) is 2.33. The van der Waals surface area contributed by atoms with Crippen LogP contribution in [0.25, 0.3) is 0 Å². The molecule has 106 valence electrons. The third-order valence-electron chi connectivity index (χ3n) is 3.85. The van der Waals surface area contributed by atoms with Crippen molar-refractivity contribution in [1.82, 2.24) is 5.32 Å². The molecule has 0 unspecified atom stereocenters. The van der Waals surface area contributed by atoms with Crippen LogP contribution in [-0.2, 0) is 14.9 Å². The van der Waals surface area contributed by atoms with E-state index in [0.29, 0.717) is 0 Å². The average molecular weight is 263 g/mol. The Bertz CT molecular complexity index is 464. The van der Waals surface area contributed by atoms with Crippen molar-refractivity contribution in [2.45, 2.75) is 40.0 Å². The van der Waals surface area contributed by atoms with Crippen molar-refractivity contribution in [2.24, 2.45) is 0 Å². The summed E-state index contributed by atoms with van der Waals surface area (Å²) in [6.07, 6.45) is 0. The van der Waals surface area contributed by atoms with Gasteiger partial charge in [-0.1, -0.05) is 26.0 Å². The Kier molecular flexibility index (Phi) is 5.12. The number of hydrogen-bond donors (Lipinski definition) is 1. The van der Waals surface area contributed by atoms with E-state index in [4.69, 9.17) is 0 Å². The first-order chi connectivity index (χ1) is 8.79. The number of esters is 1. The second-order valence-corrected chi connectivity index (χ2v) is 5.74. The van der Waals surface area contributed by atoms with Crippen LogP contribution in [0, 0.1) is 20.8 Å². The minimum absolute atomic E-state index is 0.0173. The summed E-state index contributed by atoms with van der Waals surface area (Å²) in [6.45, 7) is 11.8. The van der Waals surface area contributed by atoms with Gasteiger partial charge in [0, 0.05) is 12.0 Å². The molecule has 19 heavy (non-hydrogen) atoms. The molecule has 0 aliphatic carbocycles. The topological polar surface area (TPSA) is 38.3 Å². The molecule has 1 aromatic rings. The van der Waals surface area contributed by atoms with Crippen molar-refractivity contribution < 1.29 is 9.53 Å². The van der Waals surface area contributed by atoms with Crippen LogP contribution in [-0.4, -0.2) is 26.2 Å². The molecule has 0 bridgehead atoms. The lowest BCUT2D eigenvalue weighted by atomic mass is 9.80. The second kappa shape index (κ2) is 6.20. The van der Waals surface area contributed by atoms with Crippen LogP contribution in [0.1, 0.15) is 36.1 Å². The molecule has 0 saturated heterocycles. The molecule has 0 amide bonds. The predicted molar refractivity (Wildman–Crippen MR) is 78.6 cm³/mol. The molecule has 3 heteroatoms. The Morgan fingerprint density at radius 2 is 1.84 bits per heavy atom. The highest BCUT2D eigenvalue weighted by Crippen LogP contribution is 2.28. The number of nitrogens with one attached hydrogen (secondary N) is 1. The molecule has 1 rings (SSSR count). The van der Waals surface area contributed by atoms with E-state index < -0.39 is 0 Å². The number of aryl methyl sites for hydroxylation is 1. The summed E-state index contributed by atoms with van der Waals surface area (Å²) in [6, 6.07) is 4.36. The zero-order valence-corrected chi connectivity index (χ0v) is 12.9. The highest BCUT2D eigenvalue weighted by molar-refractivity contribution is 5.71. The van der Waals surface area contributed by atoms with Crippen molar-refractivity contribution in [3.05, 3.63) is 34.4 Å². The Morgan fingerprint density at radius 3 is 2.42 bits per heavy atom. The minimum atomic E-state index is -0.229. The Morgan fingerprint density at radius 1 is 1.21 bits per heavy atom. The molecule has 0 fully saturated rings. The third-order valence-corrected chi connectivity index (χ3v) is 3.85. The number of carbonyl (C=O) groups is 1. The maximum absolute atomic E-state index is 11.1. The van der Waals surface area contributed by atoms with Crippen molar-refractivity contribution in [3.63, 3.8) is 0 Å². The molecule has 0 heterocycles. The van der Waals surface area contributed by atoms with Gasteiger partial charge in [0.15, 0.2) is 0 Å². The van der Waals surface area contributed by atoms with Gasteiger partial charge in [0.2, 0.25) is 0 Å². The minimum Gasteiger partial charge on any atom is -0.468 e. The average Bonchev–Trinajstić information content (AvgIpc) is 2.35. The number of ether oxygens (including phenoxy) is 1. The van der Waals surface area contributed by atoms with E-state index in [2.05, 4.69) is 56.8 Å². The molecule has 0 atom stereocenters. The van der Waals surface area contributed by atoms with Crippen LogP contribution in [0.2, 0.25) is 0 Å². The molecule has 1 aromatic carbocycles. The van der Waals surface area contributed by atoms with Crippen LogP contribution in [0.15, 0.2) is 12.1 Å². The Hall–Kier alpha value is -1.35. The summed E-state index contributed by atoms with van der Waals surface area (Å²) in [7, 11) is 1.41. The van der Waals surface area contributed by atoms with E-state index in [1.54, 1.807) is 0 Å². The van der Waals surface area contributed by atoms with Crippen LogP contribution in [0.5, 0.6) is 0 Å².